The van der Waals surface area contributed by atoms with E-state index in [0.29, 0.717) is 0 Å². The summed E-state index contributed by atoms with van der Waals surface area (Å²) in [5.41, 5.74) is -0.185. The number of rotatable bonds is 0. The van der Waals surface area contributed by atoms with Crippen molar-refractivity contribution in [2.75, 3.05) is 0 Å². The molecule has 2 heteroatoms. The molecule has 0 spiro atoms. The Kier molecular flexibility index (Phi) is 2.98. The van der Waals surface area contributed by atoms with Gasteiger partial charge in [-0.2, -0.15) is 10.5 Å². The Labute approximate surface area is 59.4 Å². The molecule has 0 aliphatic heterocycles. The quantitative estimate of drug-likeness (QED) is 0.352. The van der Waals surface area contributed by atoms with Gasteiger partial charge in [0, 0.05) is 0 Å². The van der Waals surface area contributed by atoms with Gasteiger partial charge in [0.05, 0.1) is 0 Å². The van der Waals surface area contributed by atoms with Crippen molar-refractivity contribution < 1.29 is 0 Å². The van der Waals surface area contributed by atoms with Crippen LogP contribution in [-0.4, -0.2) is 0 Å². The van der Waals surface area contributed by atoms with E-state index in [1.54, 1.807) is 12.1 Å². The van der Waals surface area contributed by atoms with E-state index in [4.69, 9.17) is 23.4 Å². The van der Waals surface area contributed by atoms with Crippen LogP contribution in [0.25, 0.3) is 0 Å². The highest BCUT2D eigenvalue weighted by molar-refractivity contribution is 5.55. The molecule has 44 valence electrons. The molecule has 0 N–H and O–H groups in total. The van der Waals surface area contributed by atoms with Crippen molar-refractivity contribution in [1.82, 2.24) is 0 Å². The van der Waals surface area contributed by atoms with E-state index in [-0.39, 0.29) is 11.1 Å². The predicted molar refractivity (Wildman–Crippen MR) is 35.9 cm³/mol. The van der Waals surface area contributed by atoms with Gasteiger partial charge in [-0.1, -0.05) is 11.8 Å². The molecular formula is C8H2N2. The van der Waals surface area contributed by atoms with Crippen LogP contribution in [0.5, 0.6) is 0 Å². The largest absolute Gasteiger partial charge is 0.192 e. The van der Waals surface area contributed by atoms with Crippen LogP contribution in [0.4, 0.5) is 0 Å². The molecule has 0 aliphatic carbocycles. The number of terminal acetylenes is 2. The third-order valence-electron chi connectivity index (χ3n) is 0.762. The van der Waals surface area contributed by atoms with Crippen LogP contribution in [0, 0.1) is 47.3 Å². The molecule has 0 aliphatic rings. The summed E-state index contributed by atoms with van der Waals surface area (Å²) in [5, 5.41) is 16.5. The molecular weight excluding hydrogens is 124 g/mol. The summed E-state index contributed by atoms with van der Waals surface area (Å²) in [4.78, 5) is 0. The highest BCUT2D eigenvalue weighted by atomic mass is 14.3. The maximum atomic E-state index is 8.24. The van der Waals surface area contributed by atoms with Gasteiger partial charge in [0.15, 0.2) is 5.57 Å². The first-order valence-corrected chi connectivity index (χ1v) is 2.27. The fourth-order valence-electron chi connectivity index (χ4n) is 0.323. The first kappa shape index (κ1) is 7.84. The van der Waals surface area contributed by atoms with Crippen molar-refractivity contribution in [3.63, 3.8) is 0 Å². The minimum Gasteiger partial charge on any atom is -0.192 e. The summed E-state index contributed by atoms with van der Waals surface area (Å²) in [6, 6.07) is 3.17. The molecule has 0 rings (SSSR count). The summed E-state index contributed by atoms with van der Waals surface area (Å²) in [6.07, 6.45) is 9.77. The van der Waals surface area contributed by atoms with Gasteiger partial charge in [-0.05, 0) is 0 Å². The van der Waals surface area contributed by atoms with Crippen LogP contribution in [0.1, 0.15) is 0 Å². The van der Waals surface area contributed by atoms with E-state index in [0.717, 1.165) is 0 Å². The lowest BCUT2D eigenvalue weighted by molar-refractivity contribution is 1.45. The Morgan fingerprint density at radius 2 is 1.30 bits per heavy atom. The number of allylic oxidation sites excluding steroid dienone is 2. The Morgan fingerprint density at radius 3 is 1.40 bits per heavy atom. The fourth-order valence-corrected chi connectivity index (χ4v) is 0.323. The van der Waals surface area contributed by atoms with Crippen LogP contribution in [0.15, 0.2) is 11.1 Å². The molecule has 0 unspecified atom stereocenters. The SMILES string of the molecule is C#CC(C#C)=C(C#N)C#N. The second-order valence-electron chi connectivity index (χ2n) is 1.26. The molecule has 0 aromatic heterocycles. The molecule has 2 nitrogen and oxygen atoms in total. The molecule has 0 amide bonds. The maximum absolute atomic E-state index is 8.24. The van der Waals surface area contributed by atoms with Crippen molar-refractivity contribution in [3.05, 3.63) is 11.1 Å². The molecule has 10 heavy (non-hydrogen) atoms. The normalized spacial score (nSPS) is 5.60. The minimum absolute atomic E-state index is 0.00463. The Balaban J connectivity index is 5.12. The highest BCUT2D eigenvalue weighted by Crippen LogP contribution is 1.98. The van der Waals surface area contributed by atoms with Crippen LogP contribution < -0.4 is 0 Å². The molecule has 0 fully saturated rings. The molecule has 0 radical (unpaired) electrons. The second-order valence-corrected chi connectivity index (χ2v) is 1.26. The van der Waals surface area contributed by atoms with Gasteiger partial charge >= 0.3 is 0 Å². The van der Waals surface area contributed by atoms with Crippen molar-refractivity contribution in [1.29, 1.82) is 10.5 Å². The standard InChI is InChI=1S/C8H2N2/c1-3-7(4-2)8(5-9)6-10/h1-2H. The van der Waals surface area contributed by atoms with Crippen LogP contribution in [0.3, 0.4) is 0 Å². The lowest BCUT2D eigenvalue weighted by atomic mass is 10.1. The maximum Gasteiger partial charge on any atom is 0.153 e. The summed E-state index contributed by atoms with van der Waals surface area (Å²) in [5.74, 6) is 4.10. The Hall–Kier alpha value is -2.16. The molecule has 0 saturated carbocycles. The monoisotopic (exact) mass is 126 g/mol. The van der Waals surface area contributed by atoms with Crippen LogP contribution in [0.2, 0.25) is 0 Å². The van der Waals surface area contributed by atoms with E-state index >= 15 is 0 Å². The summed E-state index contributed by atoms with van der Waals surface area (Å²) in [6.45, 7) is 0. The van der Waals surface area contributed by atoms with Gasteiger partial charge < -0.3 is 0 Å². The first-order chi connectivity index (χ1) is 4.79. The lowest BCUT2D eigenvalue weighted by Crippen LogP contribution is -1.79. The van der Waals surface area contributed by atoms with Gasteiger partial charge in [0.1, 0.15) is 17.7 Å². The number of nitrogens with zero attached hydrogens (tertiary/aromatic N) is 2. The second kappa shape index (κ2) is 3.80. The first-order valence-electron chi connectivity index (χ1n) is 2.27. The zero-order chi connectivity index (χ0) is 7.98. The third-order valence-corrected chi connectivity index (χ3v) is 0.762. The summed E-state index contributed by atoms with van der Waals surface area (Å²) < 4.78 is 0. The molecule has 0 aromatic rings. The molecule has 0 heterocycles. The smallest absolute Gasteiger partial charge is 0.153 e. The molecule has 0 bridgehead atoms. The summed E-state index contributed by atoms with van der Waals surface area (Å²) >= 11 is 0. The fraction of sp³-hybridized carbons (Fsp3) is 0. The van der Waals surface area contributed by atoms with Gasteiger partial charge in [-0.15, -0.1) is 12.8 Å². The van der Waals surface area contributed by atoms with E-state index in [2.05, 4.69) is 11.8 Å². The van der Waals surface area contributed by atoms with E-state index in [1.807, 2.05) is 0 Å². The lowest BCUT2D eigenvalue weighted by Gasteiger charge is -1.81. The molecule has 0 aromatic carbocycles. The number of hydrogen-bond acceptors (Lipinski definition) is 2. The zero-order valence-electron chi connectivity index (χ0n) is 5.05. The van der Waals surface area contributed by atoms with E-state index < -0.39 is 0 Å². The van der Waals surface area contributed by atoms with E-state index in [1.165, 1.54) is 0 Å². The topological polar surface area (TPSA) is 47.6 Å². The van der Waals surface area contributed by atoms with Gasteiger partial charge in [0.25, 0.3) is 0 Å². The van der Waals surface area contributed by atoms with Crippen molar-refractivity contribution in [3.8, 4) is 36.8 Å². The predicted octanol–water partition coefficient (Wildman–Crippen LogP) is 0.597. The van der Waals surface area contributed by atoms with E-state index in [9.17, 15) is 0 Å². The number of hydrogen-bond donors (Lipinski definition) is 0. The van der Waals surface area contributed by atoms with Gasteiger partial charge in [-0.3, -0.25) is 0 Å². The zero-order valence-corrected chi connectivity index (χ0v) is 5.05. The highest BCUT2D eigenvalue weighted by Gasteiger charge is 1.97. The molecule has 0 saturated heterocycles. The van der Waals surface area contributed by atoms with Gasteiger partial charge in [0.2, 0.25) is 0 Å². The summed E-state index contributed by atoms with van der Waals surface area (Å²) in [7, 11) is 0. The minimum atomic E-state index is -0.190. The molecule has 0 atom stereocenters. The Bertz CT molecular complexity index is 254. The van der Waals surface area contributed by atoms with Crippen LogP contribution in [-0.2, 0) is 0 Å². The Morgan fingerprint density at radius 1 is 0.900 bits per heavy atom. The third kappa shape index (κ3) is 1.41. The number of nitriles is 2. The van der Waals surface area contributed by atoms with Crippen molar-refractivity contribution >= 4 is 0 Å². The van der Waals surface area contributed by atoms with Crippen molar-refractivity contribution in [2.45, 2.75) is 0 Å². The average molecular weight is 126 g/mol. The van der Waals surface area contributed by atoms with Crippen LogP contribution >= 0.6 is 0 Å². The van der Waals surface area contributed by atoms with Crippen molar-refractivity contribution in [2.24, 2.45) is 0 Å². The average Bonchev–Trinajstić information content (AvgIpc) is 2.00. The van der Waals surface area contributed by atoms with Gasteiger partial charge in [-0.25, -0.2) is 0 Å².